The smallest absolute Gasteiger partial charge is 0.234 e. The highest BCUT2D eigenvalue weighted by molar-refractivity contribution is 7.16. The molecular weight excluding hydrogens is 274 g/mol. The molecule has 2 fully saturated rings. The first kappa shape index (κ1) is 12.7. The summed E-state index contributed by atoms with van der Waals surface area (Å²) in [5, 5.41) is 17.8. The maximum absolute atomic E-state index is 5.70. The Kier molecular flexibility index (Phi) is 3.41. The van der Waals surface area contributed by atoms with Crippen molar-refractivity contribution in [2.24, 2.45) is 5.92 Å². The average molecular weight is 293 g/mol. The molecule has 2 aromatic rings. The molecule has 1 unspecified atom stereocenters. The van der Waals surface area contributed by atoms with Crippen LogP contribution in [0.25, 0.3) is 4.96 Å². The van der Waals surface area contributed by atoms with Crippen molar-refractivity contribution in [2.75, 3.05) is 19.7 Å². The number of aromatic nitrogens is 4. The number of hydrogen-bond acceptors (Lipinski definition) is 6. The molecule has 1 N–H and O–H groups in total. The molecule has 4 rings (SSSR count). The zero-order valence-electron chi connectivity index (χ0n) is 11.4. The van der Waals surface area contributed by atoms with Crippen molar-refractivity contribution in [1.82, 2.24) is 25.1 Å². The fourth-order valence-electron chi connectivity index (χ4n) is 3.07. The summed E-state index contributed by atoms with van der Waals surface area (Å²) in [5.41, 5.74) is 0. The van der Waals surface area contributed by atoms with Crippen LogP contribution >= 0.6 is 11.3 Å². The summed E-state index contributed by atoms with van der Waals surface area (Å²) in [5.74, 6) is 1.64. The Morgan fingerprint density at radius 2 is 2.15 bits per heavy atom. The van der Waals surface area contributed by atoms with Crippen LogP contribution in [0.4, 0.5) is 0 Å². The molecule has 7 heteroatoms. The average Bonchev–Trinajstić information content (AvgIpc) is 3.15. The van der Waals surface area contributed by atoms with Gasteiger partial charge in [-0.15, -0.1) is 10.2 Å². The highest BCUT2D eigenvalue weighted by Gasteiger charge is 2.25. The van der Waals surface area contributed by atoms with E-state index < -0.39 is 0 Å². The molecule has 6 nitrogen and oxygen atoms in total. The van der Waals surface area contributed by atoms with Gasteiger partial charge < -0.3 is 10.1 Å². The van der Waals surface area contributed by atoms with Crippen LogP contribution in [0.1, 0.15) is 42.6 Å². The minimum absolute atomic E-state index is 0.0823. The monoisotopic (exact) mass is 293 g/mol. The molecule has 0 aromatic carbocycles. The predicted molar refractivity (Wildman–Crippen MR) is 75.9 cm³/mol. The molecule has 2 aliphatic rings. The van der Waals surface area contributed by atoms with Gasteiger partial charge in [-0.05, 0) is 44.7 Å². The minimum Gasteiger partial charge on any atom is -0.370 e. The molecule has 2 aliphatic heterocycles. The van der Waals surface area contributed by atoms with Crippen molar-refractivity contribution in [3.63, 3.8) is 0 Å². The van der Waals surface area contributed by atoms with Gasteiger partial charge in [0.2, 0.25) is 4.96 Å². The van der Waals surface area contributed by atoms with Gasteiger partial charge in [-0.3, -0.25) is 0 Å². The molecular formula is C13H19N5OS. The molecule has 20 heavy (non-hydrogen) atoms. The lowest BCUT2D eigenvalue weighted by atomic mass is 9.95. The van der Waals surface area contributed by atoms with Gasteiger partial charge in [0, 0.05) is 13.0 Å². The van der Waals surface area contributed by atoms with Crippen molar-refractivity contribution in [3.05, 3.63) is 10.8 Å². The van der Waals surface area contributed by atoms with Gasteiger partial charge in [-0.1, -0.05) is 11.3 Å². The van der Waals surface area contributed by atoms with E-state index in [9.17, 15) is 0 Å². The Labute approximate surface area is 121 Å². The van der Waals surface area contributed by atoms with Crippen molar-refractivity contribution in [1.29, 1.82) is 0 Å². The molecule has 0 amide bonds. The molecule has 0 aliphatic carbocycles. The summed E-state index contributed by atoms with van der Waals surface area (Å²) in [7, 11) is 0. The molecule has 108 valence electrons. The molecule has 0 radical (unpaired) electrons. The van der Waals surface area contributed by atoms with E-state index in [1.54, 1.807) is 11.3 Å². The summed E-state index contributed by atoms with van der Waals surface area (Å²) in [6, 6.07) is 0. The maximum Gasteiger partial charge on any atom is 0.234 e. The van der Waals surface area contributed by atoms with Crippen LogP contribution in [0, 0.1) is 5.92 Å². The molecule has 4 heterocycles. The molecule has 1 atom stereocenters. The van der Waals surface area contributed by atoms with E-state index in [0.717, 1.165) is 55.7 Å². The van der Waals surface area contributed by atoms with Crippen LogP contribution in [0.2, 0.25) is 0 Å². The Hall–Kier alpha value is -1.05. The molecule has 2 saturated heterocycles. The van der Waals surface area contributed by atoms with E-state index in [2.05, 4.69) is 15.5 Å². The van der Waals surface area contributed by atoms with Gasteiger partial charge in [0.05, 0.1) is 0 Å². The second kappa shape index (κ2) is 5.38. The lowest BCUT2D eigenvalue weighted by molar-refractivity contribution is 0.103. The van der Waals surface area contributed by atoms with Crippen LogP contribution < -0.4 is 5.32 Å². The van der Waals surface area contributed by atoms with Crippen LogP contribution in [-0.4, -0.2) is 39.5 Å². The van der Waals surface area contributed by atoms with E-state index >= 15 is 0 Å². The van der Waals surface area contributed by atoms with Crippen LogP contribution in [0.3, 0.4) is 0 Å². The summed E-state index contributed by atoms with van der Waals surface area (Å²) < 4.78 is 7.60. The Bertz CT molecular complexity index is 583. The Morgan fingerprint density at radius 1 is 1.25 bits per heavy atom. The number of ether oxygens (including phenoxy) is 1. The Balaban J connectivity index is 1.55. The zero-order chi connectivity index (χ0) is 13.4. The van der Waals surface area contributed by atoms with Gasteiger partial charge in [-0.2, -0.15) is 9.61 Å². The van der Waals surface area contributed by atoms with Gasteiger partial charge in [0.15, 0.2) is 5.82 Å². The zero-order valence-corrected chi connectivity index (χ0v) is 12.2. The van der Waals surface area contributed by atoms with Crippen LogP contribution in [-0.2, 0) is 11.2 Å². The van der Waals surface area contributed by atoms with E-state index in [1.165, 1.54) is 17.8 Å². The Morgan fingerprint density at radius 3 is 2.95 bits per heavy atom. The van der Waals surface area contributed by atoms with Crippen LogP contribution in [0.15, 0.2) is 0 Å². The van der Waals surface area contributed by atoms with E-state index in [1.807, 2.05) is 4.52 Å². The topological polar surface area (TPSA) is 64.3 Å². The SMILES string of the molecule is C1COC(c2nnc3sc(CC4CCNCC4)nn23)C1. The number of rotatable bonds is 3. The van der Waals surface area contributed by atoms with Crippen molar-refractivity contribution in [2.45, 2.75) is 38.2 Å². The fraction of sp³-hybridized carbons (Fsp3) is 0.769. The van der Waals surface area contributed by atoms with Crippen LogP contribution in [0.5, 0.6) is 0 Å². The lowest BCUT2D eigenvalue weighted by Gasteiger charge is -2.21. The lowest BCUT2D eigenvalue weighted by Crippen LogP contribution is -2.28. The molecule has 0 saturated carbocycles. The largest absolute Gasteiger partial charge is 0.370 e. The first-order chi connectivity index (χ1) is 9.90. The standard InChI is InChI=1S/C13H19N5OS/c1-2-10(19-7-1)12-15-16-13-18(12)17-11(20-13)8-9-3-5-14-6-4-9/h9-10,14H,1-8H2. The van der Waals surface area contributed by atoms with Crippen molar-refractivity contribution < 1.29 is 4.74 Å². The van der Waals surface area contributed by atoms with Gasteiger partial charge in [-0.25, -0.2) is 0 Å². The number of nitrogens with zero attached hydrogens (tertiary/aromatic N) is 4. The van der Waals surface area contributed by atoms with Gasteiger partial charge in [0.1, 0.15) is 11.1 Å². The minimum atomic E-state index is 0.0823. The quantitative estimate of drug-likeness (QED) is 0.931. The first-order valence-electron chi connectivity index (χ1n) is 7.43. The third kappa shape index (κ3) is 2.34. The summed E-state index contributed by atoms with van der Waals surface area (Å²) in [6.45, 7) is 3.09. The van der Waals surface area contributed by atoms with Gasteiger partial charge >= 0.3 is 0 Å². The molecule has 0 spiro atoms. The normalized spacial score (nSPS) is 24.7. The predicted octanol–water partition coefficient (Wildman–Crippen LogP) is 1.58. The molecule has 0 bridgehead atoms. The maximum atomic E-state index is 5.70. The highest BCUT2D eigenvalue weighted by Crippen LogP contribution is 2.29. The second-order valence-corrected chi connectivity index (χ2v) is 6.69. The first-order valence-corrected chi connectivity index (χ1v) is 8.25. The summed E-state index contributed by atoms with van der Waals surface area (Å²) in [4.78, 5) is 0.902. The third-order valence-electron chi connectivity index (χ3n) is 4.20. The van der Waals surface area contributed by atoms with E-state index in [-0.39, 0.29) is 6.10 Å². The van der Waals surface area contributed by atoms with E-state index in [4.69, 9.17) is 9.84 Å². The number of nitrogens with one attached hydrogen (secondary N) is 1. The highest BCUT2D eigenvalue weighted by atomic mass is 32.1. The molecule has 2 aromatic heterocycles. The van der Waals surface area contributed by atoms with Gasteiger partial charge in [0.25, 0.3) is 0 Å². The van der Waals surface area contributed by atoms with E-state index in [0.29, 0.717) is 0 Å². The number of fused-ring (bicyclic) bond motifs is 1. The summed E-state index contributed by atoms with van der Waals surface area (Å²) >= 11 is 1.67. The number of hydrogen-bond donors (Lipinski definition) is 1. The van der Waals surface area contributed by atoms with Crippen molar-refractivity contribution in [3.8, 4) is 0 Å². The summed E-state index contributed by atoms with van der Waals surface area (Å²) in [6.07, 6.45) is 5.78. The fourth-order valence-corrected chi connectivity index (χ4v) is 4.02. The third-order valence-corrected chi connectivity index (χ3v) is 5.12. The number of piperidine rings is 1. The van der Waals surface area contributed by atoms with Crippen molar-refractivity contribution >= 4 is 16.3 Å². The second-order valence-electron chi connectivity index (χ2n) is 5.65.